The van der Waals surface area contributed by atoms with Crippen molar-refractivity contribution >= 4 is 27.3 Å². The molecule has 21 heavy (non-hydrogen) atoms. The molecule has 0 saturated carbocycles. The number of hydrogen-bond donors (Lipinski definition) is 2. The van der Waals surface area contributed by atoms with Gasteiger partial charge in [-0.2, -0.15) is 0 Å². The van der Waals surface area contributed by atoms with E-state index < -0.39 is 20.7 Å². The Morgan fingerprint density at radius 1 is 1.14 bits per heavy atom. The van der Waals surface area contributed by atoms with E-state index in [1.165, 1.54) is 18.2 Å². The Morgan fingerprint density at radius 3 is 2.48 bits per heavy atom. The predicted octanol–water partition coefficient (Wildman–Crippen LogP) is 2.58. The Bertz CT molecular complexity index is 733. The Morgan fingerprint density at radius 2 is 1.81 bits per heavy atom. The summed E-state index contributed by atoms with van der Waals surface area (Å²) >= 11 is 5.59. The molecule has 0 unspecified atom stereocenters. The zero-order chi connectivity index (χ0) is 15.5. The summed E-state index contributed by atoms with van der Waals surface area (Å²) in [5.74, 6) is -0.945. The smallest absolute Gasteiger partial charge is 0.243 e. The molecule has 0 atom stereocenters. The topological polar surface area (TPSA) is 72.2 Å². The van der Waals surface area contributed by atoms with Gasteiger partial charge in [-0.1, -0.05) is 29.8 Å². The van der Waals surface area contributed by atoms with Crippen LogP contribution in [0.15, 0.2) is 47.4 Å². The molecule has 0 aliphatic rings. The van der Waals surface area contributed by atoms with E-state index in [-0.39, 0.29) is 11.6 Å². The lowest BCUT2D eigenvalue weighted by Gasteiger charge is -2.08. The number of benzene rings is 2. The minimum atomic E-state index is -3.93. The van der Waals surface area contributed by atoms with Crippen molar-refractivity contribution < 1.29 is 12.8 Å². The molecule has 0 fully saturated rings. The van der Waals surface area contributed by atoms with Gasteiger partial charge >= 0.3 is 0 Å². The lowest BCUT2D eigenvalue weighted by molar-refractivity contribution is 0.557. The minimum absolute atomic E-state index is 0.151. The van der Waals surface area contributed by atoms with Crippen molar-refractivity contribution in [2.75, 3.05) is 12.3 Å². The lowest BCUT2D eigenvalue weighted by atomic mass is 10.1. The minimum Gasteiger partial charge on any atom is -0.399 e. The molecule has 2 rings (SSSR count). The highest BCUT2D eigenvalue weighted by molar-refractivity contribution is 7.89. The van der Waals surface area contributed by atoms with E-state index in [0.717, 1.165) is 5.56 Å². The maximum atomic E-state index is 13.7. The summed E-state index contributed by atoms with van der Waals surface area (Å²) in [5, 5.41) is -0.226. The Kier molecular flexibility index (Phi) is 4.82. The van der Waals surface area contributed by atoms with Crippen molar-refractivity contribution in [2.24, 2.45) is 0 Å². The van der Waals surface area contributed by atoms with Crippen LogP contribution < -0.4 is 10.5 Å². The van der Waals surface area contributed by atoms with Gasteiger partial charge in [0.25, 0.3) is 0 Å². The average Bonchev–Trinajstić information content (AvgIpc) is 2.44. The zero-order valence-corrected chi connectivity index (χ0v) is 12.6. The van der Waals surface area contributed by atoms with Gasteiger partial charge in [-0.05, 0) is 36.2 Å². The second-order valence-electron chi connectivity index (χ2n) is 4.44. The quantitative estimate of drug-likeness (QED) is 0.829. The number of sulfonamides is 1. The third-order valence-corrected chi connectivity index (χ3v) is 4.66. The third kappa shape index (κ3) is 3.93. The summed E-state index contributed by atoms with van der Waals surface area (Å²) in [6.45, 7) is 0.151. The van der Waals surface area contributed by atoms with Crippen LogP contribution in [0.1, 0.15) is 5.56 Å². The molecule has 4 nitrogen and oxygen atoms in total. The van der Waals surface area contributed by atoms with Crippen molar-refractivity contribution in [1.29, 1.82) is 0 Å². The van der Waals surface area contributed by atoms with Crippen molar-refractivity contribution in [1.82, 2.24) is 4.72 Å². The van der Waals surface area contributed by atoms with Crippen LogP contribution in [0.4, 0.5) is 10.1 Å². The molecule has 0 heterocycles. The molecule has 0 bridgehead atoms. The van der Waals surface area contributed by atoms with Gasteiger partial charge in [-0.25, -0.2) is 17.5 Å². The summed E-state index contributed by atoms with van der Waals surface area (Å²) in [7, 11) is -3.93. The van der Waals surface area contributed by atoms with Crippen LogP contribution in [0.2, 0.25) is 5.02 Å². The van der Waals surface area contributed by atoms with E-state index in [0.29, 0.717) is 12.1 Å². The molecule has 112 valence electrons. The summed E-state index contributed by atoms with van der Waals surface area (Å²) in [5.41, 5.74) is 7.13. The lowest BCUT2D eigenvalue weighted by Crippen LogP contribution is -2.26. The van der Waals surface area contributed by atoms with Crippen LogP contribution in [-0.4, -0.2) is 15.0 Å². The molecular weight excluding hydrogens is 315 g/mol. The second-order valence-corrected chi connectivity index (χ2v) is 6.58. The molecule has 0 aliphatic heterocycles. The van der Waals surface area contributed by atoms with Gasteiger partial charge in [0.2, 0.25) is 10.0 Å². The van der Waals surface area contributed by atoms with Gasteiger partial charge in [0, 0.05) is 12.2 Å². The van der Waals surface area contributed by atoms with Crippen molar-refractivity contribution in [2.45, 2.75) is 11.3 Å². The molecule has 0 radical (unpaired) electrons. The number of nitrogens with two attached hydrogens (primary N) is 1. The van der Waals surface area contributed by atoms with Crippen molar-refractivity contribution in [3.05, 3.63) is 58.9 Å². The van der Waals surface area contributed by atoms with Gasteiger partial charge in [-0.3, -0.25) is 0 Å². The average molecular weight is 329 g/mol. The van der Waals surface area contributed by atoms with E-state index in [4.69, 9.17) is 17.3 Å². The number of nitrogen functional groups attached to an aromatic ring is 1. The normalized spacial score (nSPS) is 11.5. The molecule has 0 saturated heterocycles. The molecular formula is C14H14ClFN2O2S. The largest absolute Gasteiger partial charge is 0.399 e. The molecule has 0 amide bonds. The third-order valence-electron chi connectivity index (χ3n) is 2.89. The number of anilines is 1. The molecule has 0 aliphatic carbocycles. The van der Waals surface area contributed by atoms with Gasteiger partial charge in [0.05, 0.1) is 5.02 Å². The van der Waals surface area contributed by atoms with Crippen LogP contribution in [-0.2, 0) is 16.4 Å². The molecule has 2 aromatic rings. The summed E-state index contributed by atoms with van der Waals surface area (Å²) in [4.78, 5) is -0.452. The predicted molar refractivity (Wildman–Crippen MR) is 81.2 cm³/mol. The van der Waals surface area contributed by atoms with E-state index in [1.807, 2.05) is 12.1 Å². The van der Waals surface area contributed by atoms with E-state index in [1.54, 1.807) is 12.1 Å². The number of nitrogens with one attached hydrogen (secondary N) is 1. The van der Waals surface area contributed by atoms with E-state index in [2.05, 4.69) is 4.72 Å². The summed E-state index contributed by atoms with van der Waals surface area (Å²) < 4.78 is 40.1. The highest BCUT2D eigenvalue weighted by Crippen LogP contribution is 2.21. The number of halogens is 2. The van der Waals surface area contributed by atoms with Crippen LogP contribution >= 0.6 is 11.6 Å². The fourth-order valence-corrected chi connectivity index (χ4v) is 3.14. The maximum absolute atomic E-state index is 13.7. The standard InChI is InChI=1S/C14H14ClFN2O2S/c15-12-2-1-3-13(14(12)16)21(19,20)18-9-8-10-4-6-11(17)7-5-10/h1-7,18H,8-9,17H2. The SMILES string of the molecule is Nc1ccc(CCNS(=O)(=O)c2cccc(Cl)c2F)cc1. The van der Waals surface area contributed by atoms with Crippen LogP contribution in [0.25, 0.3) is 0 Å². The fraction of sp³-hybridized carbons (Fsp3) is 0.143. The van der Waals surface area contributed by atoms with Gasteiger partial charge in [0.1, 0.15) is 4.90 Å². The summed E-state index contributed by atoms with van der Waals surface area (Å²) in [6.07, 6.45) is 0.474. The monoisotopic (exact) mass is 328 g/mol. The maximum Gasteiger partial charge on any atom is 0.243 e. The van der Waals surface area contributed by atoms with E-state index in [9.17, 15) is 12.8 Å². The van der Waals surface area contributed by atoms with Crippen molar-refractivity contribution in [3.63, 3.8) is 0 Å². The molecule has 2 aromatic carbocycles. The summed E-state index contributed by atoms with van der Waals surface area (Å²) in [6, 6.07) is 10.9. The van der Waals surface area contributed by atoms with Crippen LogP contribution in [0, 0.1) is 5.82 Å². The van der Waals surface area contributed by atoms with Gasteiger partial charge in [0.15, 0.2) is 5.82 Å². The highest BCUT2D eigenvalue weighted by atomic mass is 35.5. The Labute approximate surface area is 127 Å². The van der Waals surface area contributed by atoms with Gasteiger partial charge < -0.3 is 5.73 Å². The first-order valence-electron chi connectivity index (χ1n) is 6.18. The fourth-order valence-electron chi connectivity index (χ4n) is 1.78. The van der Waals surface area contributed by atoms with Crippen LogP contribution in [0.5, 0.6) is 0 Å². The first-order valence-corrected chi connectivity index (χ1v) is 8.04. The molecule has 0 aromatic heterocycles. The van der Waals surface area contributed by atoms with Gasteiger partial charge in [-0.15, -0.1) is 0 Å². The Balaban J connectivity index is 2.05. The molecule has 0 spiro atoms. The van der Waals surface area contributed by atoms with Crippen molar-refractivity contribution in [3.8, 4) is 0 Å². The Hall–Kier alpha value is -1.63. The van der Waals surface area contributed by atoms with Crippen LogP contribution in [0.3, 0.4) is 0 Å². The second kappa shape index (κ2) is 6.43. The number of hydrogen-bond acceptors (Lipinski definition) is 3. The molecule has 7 heteroatoms. The first-order chi connectivity index (χ1) is 9.90. The number of rotatable bonds is 5. The molecule has 3 N–H and O–H groups in total. The zero-order valence-electron chi connectivity index (χ0n) is 11.0. The first kappa shape index (κ1) is 15.8. The highest BCUT2D eigenvalue weighted by Gasteiger charge is 2.20. The van der Waals surface area contributed by atoms with E-state index >= 15 is 0 Å².